The molecule has 4 nitrogen and oxygen atoms in total. The maximum absolute atomic E-state index is 12.5. The van der Waals surface area contributed by atoms with Crippen molar-refractivity contribution in [3.05, 3.63) is 50.2 Å². The molecule has 0 saturated heterocycles. The summed E-state index contributed by atoms with van der Waals surface area (Å²) in [6, 6.07) is 6.32. The second kappa shape index (κ2) is 6.12. The third-order valence-electron chi connectivity index (χ3n) is 2.70. The van der Waals surface area contributed by atoms with Gasteiger partial charge in [0.05, 0.1) is 21.4 Å². The van der Waals surface area contributed by atoms with Crippen LogP contribution in [0.5, 0.6) is 0 Å². The number of pyridine rings is 1. The van der Waals surface area contributed by atoms with Gasteiger partial charge in [-0.25, -0.2) is 8.42 Å². The van der Waals surface area contributed by atoms with Gasteiger partial charge in [-0.15, -0.1) is 0 Å². The lowest BCUT2D eigenvalue weighted by Gasteiger charge is -2.13. The molecule has 0 aliphatic heterocycles. The van der Waals surface area contributed by atoms with Crippen LogP contribution in [0.4, 0.5) is 5.69 Å². The SMILES string of the molecule is Cc1ccc(NS(=O)(=O)c2c(Cl)cc(Br)cc2Cl)c(C)n1. The van der Waals surface area contributed by atoms with E-state index in [1.165, 1.54) is 12.1 Å². The third kappa shape index (κ3) is 3.69. The molecule has 2 rings (SSSR count). The molecule has 1 N–H and O–H groups in total. The summed E-state index contributed by atoms with van der Waals surface area (Å²) in [7, 11) is -3.90. The Hall–Kier alpha value is -0.820. The van der Waals surface area contributed by atoms with Crippen molar-refractivity contribution in [3.8, 4) is 0 Å². The van der Waals surface area contributed by atoms with Crippen LogP contribution < -0.4 is 4.72 Å². The van der Waals surface area contributed by atoms with Crippen molar-refractivity contribution in [1.82, 2.24) is 4.98 Å². The maximum Gasteiger partial charge on any atom is 0.264 e. The number of hydrogen-bond acceptors (Lipinski definition) is 3. The zero-order valence-electron chi connectivity index (χ0n) is 11.1. The number of aryl methyl sites for hydroxylation is 2. The largest absolute Gasteiger partial charge is 0.278 e. The molecular formula is C13H11BrCl2N2O2S. The van der Waals surface area contributed by atoms with Gasteiger partial charge in [0.1, 0.15) is 4.90 Å². The molecule has 21 heavy (non-hydrogen) atoms. The molecule has 0 radical (unpaired) electrons. The summed E-state index contributed by atoms with van der Waals surface area (Å²) >= 11 is 15.2. The van der Waals surface area contributed by atoms with Crippen LogP contribution in [0.2, 0.25) is 10.0 Å². The lowest BCUT2D eigenvalue weighted by atomic mass is 10.3. The van der Waals surface area contributed by atoms with Gasteiger partial charge in [-0.3, -0.25) is 9.71 Å². The Morgan fingerprint density at radius 2 is 1.71 bits per heavy atom. The molecule has 0 atom stereocenters. The Morgan fingerprint density at radius 1 is 1.14 bits per heavy atom. The number of anilines is 1. The van der Waals surface area contributed by atoms with Crippen molar-refractivity contribution in [2.45, 2.75) is 18.7 Å². The van der Waals surface area contributed by atoms with E-state index < -0.39 is 10.0 Å². The molecule has 2 aromatic rings. The number of hydrogen-bond donors (Lipinski definition) is 1. The lowest BCUT2D eigenvalue weighted by molar-refractivity contribution is 0.601. The molecule has 0 aliphatic carbocycles. The minimum atomic E-state index is -3.90. The van der Waals surface area contributed by atoms with E-state index in [4.69, 9.17) is 23.2 Å². The van der Waals surface area contributed by atoms with Gasteiger partial charge in [0.15, 0.2) is 0 Å². The summed E-state index contributed by atoms with van der Waals surface area (Å²) in [6.07, 6.45) is 0. The third-order valence-corrected chi connectivity index (χ3v) is 5.45. The topological polar surface area (TPSA) is 59.1 Å². The molecule has 0 fully saturated rings. The highest BCUT2D eigenvalue weighted by Gasteiger charge is 2.23. The minimum absolute atomic E-state index is 0.0413. The number of nitrogens with one attached hydrogen (secondary N) is 1. The van der Waals surface area contributed by atoms with Gasteiger partial charge in [-0.2, -0.15) is 0 Å². The highest BCUT2D eigenvalue weighted by atomic mass is 79.9. The number of nitrogens with zero attached hydrogens (tertiary/aromatic N) is 1. The van der Waals surface area contributed by atoms with Gasteiger partial charge in [-0.1, -0.05) is 39.1 Å². The summed E-state index contributed by atoms with van der Waals surface area (Å²) in [5.41, 5.74) is 1.76. The van der Waals surface area contributed by atoms with Crippen LogP contribution in [0.1, 0.15) is 11.4 Å². The highest BCUT2D eigenvalue weighted by Crippen LogP contribution is 2.34. The van der Waals surface area contributed by atoms with E-state index >= 15 is 0 Å². The summed E-state index contributed by atoms with van der Waals surface area (Å²) in [4.78, 5) is 4.05. The van der Waals surface area contributed by atoms with Gasteiger partial charge in [0.25, 0.3) is 10.0 Å². The predicted octanol–water partition coefficient (Wildman–Crippen LogP) is 4.57. The molecule has 0 unspecified atom stereocenters. The monoisotopic (exact) mass is 408 g/mol. The quantitative estimate of drug-likeness (QED) is 0.807. The van der Waals surface area contributed by atoms with Crippen LogP contribution in [0.15, 0.2) is 33.6 Å². The molecule has 0 spiro atoms. The molecule has 0 saturated carbocycles. The second-order valence-electron chi connectivity index (χ2n) is 4.39. The molecule has 112 valence electrons. The Labute approximate surface area is 141 Å². The normalized spacial score (nSPS) is 11.5. The first kappa shape index (κ1) is 16.5. The second-order valence-corrected chi connectivity index (χ2v) is 7.74. The van der Waals surface area contributed by atoms with Crippen LogP contribution in [0.3, 0.4) is 0 Å². The standard InChI is InChI=1S/C13H11BrCl2N2O2S/c1-7-3-4-12(8(2)17-7)18-21(19,20)13-10(15)5-9(14)6-11(13)16/h3-6,18H,1-2H3. The zero-order chi connectivity index (χ0) is 15.8. The Balaban J connectivity index is 2.48. The Morgan fingerprint density at radius 3 is 2.24 bits per heavy atom. The maximum atomic E-state index is 12.5. The Kier molecular flexibility index (Phi) is 4.82. The van der Waals surface area contributed by atoms with Gasteiger partial charge in [-0.05, 0) is 38.1 Å². The first-order chi connectivity index (χ1) is 9.70. The van der Waals surface area contributed by atoms with Crippen LogP contribution >= 0.6 is 39.1 Å². The van der Waals surface area contributed by atoms with E-state index in [0.717, 1.165) is 5.69 Å². The van der Waals surface area contributed by atoms with E-state index in [0.29, 0.717) is 15.9 Å². The first-order valence-corrected chi connectivity index (χ1v) is 8.85. The fourth-order valence-corrected chi connectivity index (χ4v) is 4.83. The zero-order valence-corrected chi connectivity index (χ0v) is 15.0. The van der Waals surface area contributed by atoms with Gasteiger partial charge in [0.2, 0.25) is 0 Å². The van der Waals surface area contributed by atoms with E-state index in [-0.39, 0.29) is 14.9 Å². The molecule has 1 aromatic heterocycles. The van der Waals surface area contributed by atoms with Crippen LogP contribution in [0, 0.1) is 13.8 Å². The van der Waals surface area contributed by atoms with E-state index in [1.54, 1.807) is 19.1 Å². The number of rotatable bonds is 3. The summed E-state index contributed by atoms with van der Waals surface area (Å²) in [5.74, 6) is 0. The molecule has 0 aliphatic rings. The van der Waals surface area contributed by atoms with Crippen molar-refractivity contribution in [3.63, 3.8) is 0 Å². The average molecular weight is 410 g/mol. The van der Waals surface area contributed by atoms with Crippen LogP contribution in [-0.4, -0.2) is 13.4 Å². The van der Waals surface area contributed by atoms with Crippen molar-refractivity contribution >= 4 is 54.8 Å². The molecule has 1 heterocycles. The highest BCUT2D eigenvalue weighted by molar-refractivity contribution is 9.10. The lowest BCUT2D eigenvalue weighted by Crippen LogP contribution is -2.15. The summed E-state index contributed by atoms with van der Waals surface area (Å²) in [6.45, 7) is 3.55. The Bertz CT molecular complexity index is 787. The summed E-state index contributed by atoms with van der Waals surface area (Å²) < 4.78 is 28.0. The first-order valence-electron chi connectivity index (χ1n) is 5.82. The number of benzene rings is 1. The van der Waals surface area contributed by atoms with E-state index in [2.05, 4.69) is 25.6 Å². The van der Waals surface area contributed by atoms with E-state index in [9.17, 15) is 8.42 Å². The number of halogens is 3. The fraction of sp³-hybridized carbons (Fsp3) is 0.154. The van der Waals surface area contributed by atoms with Gasteiger partial charge >= 0.3 is 0 Å². The minimum Gasteiger partial charge on any atom is -0.278 e. The van der Waals surface area contributed by atoms with Crippen molar-refractivity contribution in [1.29, 1.82) is 0 Å². The average Bonchev–Trinajstić information content (AvgIpc) is 2.30. The fourth-order valence-electron chi connectivity index (χ4n) is 1.78. The molecule has 1 aromatic carbocycles. The predicted molar refractivity (Wildman–Crippen MR) is 88.7 cm³/mol. The van der Waals surface area contributed by atoms with Crippen LogP contribution in [0.25, 0.3) is 0 Å². The van der Waals surface area contributed by atoms with Crippen molar-refractivity contribution in [2.24, 2.45) is 0 Å². The van der Waals surface area contributed by atoms with E-state index in [1.807, 2.05) is 6.92 Å². The smallest absolute Gasteiger partial charge is 0.264 e. The van der Waals surface area contributed by atoms with Crippen molar-refractivity contribution < 1.29 is 8.42 Å². The molecule has 0 amide bonds. The molecular weight excluding hydrogens is 399 g/mol. The van der Waals surface area contributed by atoms with Gasteiger partial charge < -0.3 is 0 Å². The van der Waals surface area contributed by atoms with Crippen LogP contribution in [-0.2, 0) is 10.0 Å². The number of aromatic nitrogens is 1. The van der Waals surface area contributed by atoms with Gasteiger partial charge in [0, 0.05) is 10.2 Å². The van der Waals surface area contributed by atoms with Crippen molar-refractivity contribution in [2.75, 3.05) is 4.72 Å². The molecule has 8 heteroatoms. The summed E-state index contributed by atoms with van der Waals surface area (Å²) in [5, 5.41) is 0.0826. The number of sulfonamides is 1. The molecule has 0 bridgehead atoms.